The summed E-state index contributed by atoms with van der Waals surface area (Å²) < 4.78 is 4.95. The van der Waals surface area contributed by atoms with Gasteiger partial charge in [-0.1, -0.05) is 32.0 Å². The quantitative estimate of drug-likeness (QED) is 0.630. The van der Waals surface area contributed by atoms with Gasteiger partial charge in [-0.3, -0.25) is 9.59 Å². The zero-order valence-electron chi connectivity index (χ0n) is 17.8. The lowest BCUT2D eigenvalue weighted by Crippen LogP contribution is -2.44. The molecule has 1 atom stereocenters. The third-order valence-corrected chi connectivity index (χ3v) is 5.27. The summed E-state index contributed by atoms with van der Waals surface area (Å²) in [5, 5.41) is 7.51. The number of thiophene rings is 1. The minimum absolute atomic E-state index is 0.174. The van der Waals surface area contributed by atoms with Gasteiger partial charge in [0.05, 0.1) is 22.7 Å². The second-order valence-electron chi connectivity index (χ2n) is 7.26. The number of hydrogen-bond donors (Lipinski definition) is 2. The number of alkyl carbamates (subject to hydrolysis) is 1. The van der Waals surface area contributed by atoms with E-state index in [4.69, 9.17) is 4.74 Å². The van der Waals surface area contributed by atoms with E-state index < -0.39 is 6.09 Å². The van der Waals surface area contributed by atoms with Crippen molar-refractivity contribution in [2.24, 2.45) is 5.92 Å². The molecule has 0 bridgehead atoms. The fourth-order valence-electron chi connectivity index (χ4n) is 3.05. The minimum Gasteiger partial charge on any atom is -0.450 e. The Morgan fingerprint density at radius 1 is 1.13 bits per heavy atom. The molecule has 1 aromatic heterocycles. The van der Waals surface area contributed by atoms with Gasteiger partial charge < -0.3 is 20.3 Å². The van der Waals surface area contributed by atoms with Crippen LogP contribution in [0.4, 0.5) is 10.5 Å². The second-order valence-corrected chi connectivity index (χ2v) is 8.21. The van der Waals surface area contributed by atoms with E-state index in [0.29, 0.717) is 28.5 Å². The Balaban J connectivity index is 2.10. The van der Waals surface area contributed by atoms with Crippen LogP contribution in [0.15, 0.2) is 41.8 Å². The van der Waals surface area contributed by atoms with E-state index >= 15 is 0 Å². The zero-order chi connectivity index (χ0) is 22.1. The average Bonchev–Trinajstić information content (AvgIpc) is 3.25. The molecule has 8 heteroatoms. The summed E-state index contributed by atoms with van der Waals surface area (Å²) in [7, 11) is 1.65. The fraction of sp³-hybridized carbons (Fsp3) is 0.409. The summed E-state index contributed by atoms with van der Waals surface area (Å²) in [6.07, 6.45) is 0.191. The summed E-state index contributed by atoms with van der Waals surface area (Å²) in [5.41, 5.74) is 0.913. The number of carbonyl (C=O) groups excluding carboxylic acids is 3. The van der Waals surface area contributed by atoms with Crippen LogP contribution in [0.25, 0.3) is 0 Å². The van der Waals surface area contributed by atoms with Gasteiger partial charge in [-0.15, -0.1) is 11.3 Å². The summed E-state index contributed by atoms with van der Waals surface area (Å²) in [6.45, 7) is 6.37. The first-order valence-electron chi connectivity index (χ1n) is 9.95. The molecule has 1 aromatic carbocycles. The van der Waals surface area contributed by atoms with Gasteiger partial charge in [0.2, 0.25) is 0 Å². The van der Waals surface area contributed by atoms with Crippen molar-refractivity contribution in [3.63, 3.8) is 0 Å². The van der Waals surface area contributed by atoms with Gasteiger partial charge in [0.1, 0.15) is 0 Å². The normalized spacial score (nSPS) is 11.6. The highest BCUT2D eigenvalue weighted by molar-refractivity contribution is 7.12. The Morgan fingerprint density at radius 2 is 1.87 bits per heavy atom. The lowest BCUT2D eigenvalue weighted by Gasteiger charge is -2.22. The number of nitrogens with one attached hydrogen (secondary N) is 2. The highest BCUT2D eigenvalue weighted by Crippen LogP contribution is 2.22. The third kappa shape index (κ3) is 6.59. The molecular weight excluding hydrogens is 402 g/mol. The maximum atomic E-state index is 12.9. The Kier molecular flexibility index (Phi) is 8.86. The van der Waals surface area contributed by atoms with E-state index in [1.165, 1.54) is 16.2 Å². The third-order valence-electron chi connectivity index (χ3n) is 4.41. The van der Waals surface area contributed by atoms with E-state index in [1.807, 2.05) is 25.3 Å². The van der Waals surface area contributed by atoms with Gasteiger partial charge in [-0.2, -0.15) is 0 Å². The molecule has 0 saturated heterocycles. The highest BCUT2D eigenvalue weighted by Gasteiger charge is 2.21. The van der Waals surface area contributed by atoms with Crippen LogP contribution in [0.2, 0.25) is 0 Å². The Bertz CT molecular complexity index is 852. The van der Waals surface area contributed by atoms with Gasteiger partial charge in [0.15, 0.2) is 0 Å². The van der Waals surface area contributed by atoms with Crippen LogP contribution < -0.4 is 15.5 Å². The zero-order valence-corrected chi connectivity index (χ0v) is 18.6. The molecule has 0 fully saturated rings. The number of para-hydroxylation sites is 1. The molecule has 2 aromatic rings. The molecule has 162 valence electrons. The van der Waals surface area contributed by atoms with Crippen molar-refractivity contribution in [1.82, 2.24) is 10.6 Å². The lowest BCUT2D eigenvalue weighted by molar-refractivity contribution is 0.0945. The number of benzene rings is 1. The van der Waals surface area contributed by atoms with Crippen molar-refractivity contribution in [2.75, 3.05) is 25.1 Å². The van der Waals surface area contributed by atoms with E-state index in [2.05, 4.69) is 10.6 Å². The molecule has 3 amide bonds. The maximum Gasteiger partial charge on any atom is 0.407 e. The van der Waals surface area contributed by atoms with Crippen molar-refractivity contribution < 1.29 is 19.1 Å². The monoisotopic (exact) mass is 431 g/mol. The highest BCUT2D eigenvalue weighted by atomic mass is 32.1. The summed E-state index contributed by atoms with van der Waals surface area (Å²) >= 11 is 1.35. The Morgan fingerprint density at radius 3 is 2.50 bits per heavy atom. The first kappa shape index (κ1) is 23.4. The molecule has 1 heterocycles. The molecule has 0 radical (unpaired) electrons. The minimum atomic E-state index is -0.501. The molecular formula is C22H29N3O4S. The maximum absolute atomic E-state index is 12.9. The summed E-state index contributed by atoms with van der Waals surface area (Å²) in [6, 6.07) is 10.3. The standard InChI is InChI=1S/C22H29N3O4S/c1-5-29-22(28)24-16(13-15(2)3)14-23-20(26)17-9-6-7-10-18(17)25(4)21(27)19-11-8-12-30-19/h6-12,15-16H,5,13-14H2,1-4H3,(H,23,26)(H,24,28). The van der Waals surface area contributed by atoms with Crippen LogP contribution in [0.3, 0.4) is 0 Å². The van der Waals surface area contributed by atoms with Gasteiger partial charge in [-0.25, -0.2) is 4.79 Å². The Labute approximate surface area is 181 Å². The smallest absolute Gasteiger partial charge is 0.407 e. The predicted molar refractivity (Wildman–Crippen MR) is 119 cm³/mol. The van der Waals surface area contributed by atoms with Gasteiger partial charge in [0, 0.05) is 19.6 Å². The molecule has 0 aliphatic carbocycles. The average molecular weight is 432 g/mol. The first-order valence-corrected chi connectivity index (χ1v) is 10.8. The van der Waals surface area contributed by atoms with E-state index in [0.717, 1.165) is 0 Å². The lowest BCUT2D eigenvalue weighted by atomic mass is 10.0. The van der Waals surface area contributed by atoms with Gasteiger partial charge in [-0.05, 0) is 42.8 Å². The predicted octanol–water partition coefficient (Wildman–Crippen LogP) is 3.92. The van der Waals surface area contributed by atoms with Crippen molar-refractivity contribution in [2.45, 2.75) is 33.2 Å². The van der Waals surface area contributed by atoms with Crippen molar-refractivity contribution in [1.29, 1.82) is 0 Å². The molecule has 0 spiro atoms. The van der Waals surface area contributed by atoms with E-state index in [-0.39, 0.29) is 31.0 Å². The second kappa shape index (κ2) is 11.3. The van der Waals surface area contributed by atoms with Crippen LogP contribution in [-0.4, -0.2) is 44.1 Å². The van der Waals surface area contributed by atoms with Crippen LogP contribution in [0.5, 0.6) is 0 Å². The van der Waals surface area contributed by atoms with Crippen LogP contribution >= 0.6 is 11.3 Å². The molecule has 2 N–H and O–H groups in total. The molecule has 30 heavy (non-hydrogen) atoms. The molecule has 1 unspecified atom stereocenters. The number of hydrogen-bond acceptors (Lipinski definition) is 5. The van der Waals surface area contributed by atoms with Crippen LogP contribution in [0, 0.1) is 5.92 Å². The van der Waals surface area contributed by atoms with E-state index in [1.54, 1.807) is 44.3 Å². The number of nitrogens with zero attached hydrogens (tertiary/aromatic N) is 1. The topological polar surface area (TPSA) is 87.7 Å². The summed E-state index contributed by atoms with van der Waals surface area (Å²) in [4.78, 5) is 39.5. The number of ether oxygens (including phenoxy) is 1. The number of anilines is 1. The number of carbonyl (C=O) groups is 3. The molecule has 0 aliphatic rings. The van der Waals surface area contributed by atoms with Crippen molar-refractivity contribution >= 4 is 34.9 Å². The SMILES string of the molecule is CCOC(=O)NC(CNC(=O)c1ccccc1N(C)C(=O)c1cccs1)CC(C)C. The van der Waals surface area contributed by atoms with Gasteiger partial charge in [0.25, 0.3) is 11.8 Å². The summed E-state index contributed by atoms with van der Waals surface area (Å²) in [5.74, 6) is -0.154. The fourth-order valence-corrected chi connectivity index (χ4v) is 3.74. The molecule has 7 nitrogen and oxygen atoms in total. The van der Waals surface area contributed by atoms with Crippen LogP contribution in [0.1, 0.15) is 47.2 Å². The van der Waals surface area contributed by atoms with Crippen molar-refractivity contribution in [3.8, 4) is 0 Å². The first-order chi connectivity index (χ1) is 14.3. The number of rotatable bonds is 9. The largest absolute Gasteiger partial charge is 0.450 e. The molecule has 0 aliphatic heterocycles. The molecule has 0 saturated carbocycles. The van der Waals surface area contributed by atoms with Gasteiger partial charge >= 0.3 is 6.09 Å². The number of amides is 3. The van der Waals surface area contributed by atoms with E-state index in [9.17, 15) is 14.4 Å². The van der Waals surface area contributed by atoms with Crippen LogP contribution in [-0.2, 0) is 4.74 Å². The molecule has 2 rings (SSSR count). The van der Waals surface area contributed by atoms with Crippen molar-refractivity contribution in [3.05, 3.63) is 52.2 Å². The Hall–Kier alpha value is -2.87.